The van der Waals surface area contributed by atoms with Crippen molar-refractivity contribution in [3.8, 4) is 0 Å². The van der Waals surface area contributed by atoms with Crippen LogP contribution in [-0.4, -0.2) is 36.8 Å². The number of hydrogen-bond donors (Lipinski definition) is 1. The van der Waals surface area contributed by atoms with Gasteiger partial charge >= 0.3 is 5.97 Å². The molecule has 1 aromatic rings. The van der Waals surface area contributed by atoms with Gasteiger partial charge < -0.3 is 5.11 Å². The summed E-state index contributed by atoms with van der Waals surface area (Å²) in [7, 11) is -3.54. The highest BCUT2D eigenvalue weighted by atomic mass is 32.2. The second-order valence-electron chi connectivity index (χ2n) is 4.58. The molecule has 1 aromatic heterocycles. The number of anilines is 1. The third kappa shape index (κ3) is 4.80. The molecule has 0 fully saturated rings. The van der Waals surface area contributed by atoms with E-state index in [9.17, 15) is 13.2 Å². The van der Waals surface area contributed by atoms with E-state index in [0.29, 0.717) is 6.42 Å². The Balaban J connectivity index is 3.04. The molecule has 1 rings (SSSR count). The van der Waals surface area contributed by atoms with Crippen LogP contribution in [0.3, 0.4) is 0 Å². The molecule has 0 aliphatic rings. The lowest BCUT2D eigenvalue weighted by Crippen LogP contribution is -2.35. The minimum Gasteiger partial charge on any atom is -0.481 e. The molecule has 7 heteroatoms. The topological polar surface area (TPSA) is 87.6 Å². The molecule has 0 spiro atoms. The van der Waals surface area contributed by atoms with Gasteiger partial charge in [0.1, 0.15) is 5.82 Å². The number of rotatable bonds is 8. The zero-order valence-electron chi connectivity index (χ0n) is 11.7. The molecule has 0 aromatic carbocycles. The fourth-order valence-electron chi connectivity index (χ4n) is 1.69. The molecular weight excluding hydrogens is 280 g/mol. The number of hydrogen-bond acceptors (Lipinski definition) is 4. The highest BCUT2D eigenvalue weighted by Crippen LogP contribution is 2.18. The van der Waals surface area contributed by atoms with Crippen LogP contribution in [0, 0.1) is 6.92 Å². The molecule has 0 saturated carbocycles. The van der Waals surface area contributed by atoms with Crippen molar-refractivity contribution in [3.63, 3.8) is 0 Å². The average Bonchev–Trinajstić information content (AvgIpc) is 2.36. The van der Waals surface area contributed by atoms with Crippen LogP contribution in [0.4, 0.5) is 5.82 Å². The molecular formula is C13H20N2O4S. The van der Waals surface area contributed by atoms with Gasteiger partial charge in [0.15, 0.2) is 0 Å². The van der Waals surface area contributed by atoms with E-state index in [-0.39, 0.29) is 24.5 Å². The largest absolute Gasteiger partial charge is 0.481 e. The van der Waals surface area contributed by atoms with Crippen LogP contribution >= 0.6 is 0 Å². The van der Waals surface area contributed by atoms with Crippen LogP contribution in [-0.2, 0) is 14.8 Å². The summed E-state index contributed by atoms with van der Waals surface area (Å²) < 4.78 is 25.7. The van der Waals surface area contributed by atoms with E-state index in [1.807, 2.05) is 13.8 Å². The Morgan fingerprint density at radius 3 is 2.70 bits per heavy atom. The molecule has 0 bridgehead atoms. The molecule has 6 nitrogen and oxygen atoms in total. The number of carboxylic acids is 1. The SMILES string of the molecule is CCCCS(=O)(=O)N(CCC(=O)O)c1cc(C)ccn1. The Bertz CT molecular complexity index is 557. The zero-order chi connectivity index (χ0) is 15.2. The lowest BCUT2D eigenvalue weighted by molar-refractivity contribution is -0.136. The van der Waals surface area contributed by atoms with Crippen molar-refractivity contribution in [1.82, 2.24) is 4.98 Å². The third-order valence-electron chi connectivity index (χ3n) is 2.78. The first-order valence-corrected chi connectivity index (χ1v) is 8.12. The second-order valence-corrected chi connectivity index (χ2v) is 6.59. The maximum Gasteiger partial charge on any atom is 0.305 e. The Labute approximate surface area is 119 Å². The normalized spacial score (nSPS) is 11.3. The van der Waals surface area contributed by atoms with Crippen molar-refractivity contribution in [3.05, 3.63) is 23.9 Å². The average molecular weight is 300 g/mol. The number of nitrogens with zero attached hydrogens (tertiary/aromatic N) is 2. The smallest absolute Gasteiger partial charge is 0.305 e. The predicted molar refractivity (Wildman–Crippen MR) is 77.3 cm³/mol. The summed E-state index contributed by atoms with van der Waals surface area (Å²) in [6.07, 6.45) is 2.57. The van der Waals surface area contributed by atoms with Crippen LogP contribution in [0.2, 0.25) is 0 Å². The number of aryl methyl sites for hydroxylation is 1. The Kier molecular flexibility index (Phi) is 5.94. The molecule has 20 heavy (non-hydrogen) atoms. The maximum atomic E-state index is 12.3. The van der Waals surface area contributed by atoms with Crippen LogP contribution in [0.5, 0.6) is 0 Å². The summed E-state index contributed by atoms with van der Waals surface area (Å²) in [5.74, 6) is -0.755. The lowest BCUT2D eigenvalue weighted by atomic mass is 10.3. The first-order valence-electron chi connectivity index (χ1n) is 6.51. The molecule has 0 aliphatic carbocycles. The van der Waals surface area contributed by atoms with E-state index >= 15 is 0 Å². The number of carbonyl (C=O) groups is 1. The third-order valence-corrected chi connectivity index (χ3v) is 4.62. The van der Waals surface area contributed by atoms with Gasteiger partial charge in [0, 0.05) is 12.7 Å². The first-order chi connectivity index (χ1) is 9.36. The molecule has 0 radical (unpaired) electrons. The van der Waals surface area contributed by atoms with Crippen molar-refractivity contribution in [1.29, 1.82) is 0 Å². The Morgan fingerprint density at radius 2 is 2.15 bits per heavy atom. The fraction of sp³-hybridized carbons (Fsp3) is 0.538. The van der Waals surface area contributed by atoms with Gasteiger partial charge in [-0.05, 0) is 31.0 Å². The second kappa shape index (κ2) is 7.23. The van der Waals surface area contributed by atoms with Crippen LogP contribution in [0.15, 0.2) is 18.3 Å². The van der Waals surface area contributed by atoms with E-state index < -0.39 is 16.0 Å². The van der Waals surface area contributed by atoms with Gasteiger partial charge in [-0.2, -0.15) is 0 Å². The number of pyridine rings is 1. The number of aromatic nitrogens is 1. The van der Waals surface area contributed by atoms with Crippen molar-refractivity contribution in [2.24, 2.45) is 0 Å². The number of sulfonamides is 1. The van der Waals surface area contributed by atoms with Crippen LogP contribution < -0.4 is 4.31 Å². The van der Waals surface area contributed by atoms with E-state index in [4.69, 9.17) is 5.11 Å². The highest BCUT2D eigenvalue weighted by molar-refractivity contribution is 7.92. The Morgan fingerprint density at radius 1 is 1.45 bits per heavy atom. The van der Waals surface area contributed by atoms with Crippen LogP contribution in [0.1, 0.15) is 31.7 Å². The minimum absolute atomic E-state index is 0.00125. The summed E-state index contributed by atoms with van der Waals surface area (Å²) in [5, 5.41) is 8.76. The summed E-state index contributed by atoms with van der Waals surface area (Å²) >= 11 is 0. The molecule has 112 valence electrons. The molecule has 1 heterocycles. The van der Waals surface area contributed by atoms with Gasteiger partial charge in [0.25, 0.3) is 0 Å². The molecule has 0 saturated heterocycles. The first kappa shape index (κ1) is 16.4. The zero-order valence-corrected chi connectivity index (χ0v) is 12.6. The predicted octanol–water partition coefficient (Wildman–Crippen LogP) is 1.80. The monoisotopic (exact) mass is 300 g/mol. The number of carboxylic acid groups (broad SMARTS) is 1. The molecule has 0 amide bonds. The maximum absolute atomic E-state index is 12.3. The fourth-order valence-corrected chi connectivity index (χ4v) is 3.32. The van der Waals surface area contributed by atoms with Gasteiger partial charge in [-0.3, -0.25) is 9.10 Å². The van der Waals surface area contributed by atoms with Gasteiger partial charge in [0.2, 0.25) is 10.0 Å². The lowest BCUT2D eigenvalue weighted by Gasteiger charge is -2.23. The van der Waals surface area contributed by atoms with E-state index in [1.54, 1.807) is 12.1 Å². The van der Waals surface area contributed by atoms with Gasteiger partial charge in [-0.1, -0.05) is 13.3 Å². The number of unbranched alkanes of at least 4 members (excludes halogenated alkanes) is 1. The van der Waals surface area contributed by atoms with Gasteiger partial charge in [-0.25, -0.2) is 13.4 Å². The van der Waals surface area contributed by atoms with E-state index in [0.717, 1.165) is 16.3 Å². The van der Waals surface area contributed by atoms with Crippen molar-refractivity contribution in [2.45, 2.75) is 33.1 Å². The molecule has 0 unspecified atom stereocenters. The van der Waals surface area contributed by atoms with Crippen molar-refractivity contribution in [2.75, 3.05) is 16.6 Å². The van der Waals surface area contributed by atoms with Gasteiger partial charge in [0.05, 0.1) is 12.2 Å². The quantitative estimate of drug-likeness (QED) is 0.791. The van der Waals surface area contributed by atoms with E-state index in [1.165, 1.54) is 6.20 Å². The summed E-state index contributed by atoms with van der Waals surface area (Å²) in [4.78, 5) is 14.7. The summed E-state index contributed by atoms with van der Waals surface area (Å²) in [6.45, 7) is 3.64. The number of aliphatic carboxylic acids is 1. The van der Waals surface area contributed by atoms with Gasteiger partial charge in [-0.15, -0.1) is 0 Å². The molecule has 0 aliphatic heterocycles. The van der Waals surface area contributed by atoms with Crippen LogP contribution in [0.25, 0.3) is 0 Å². The summed E-state index contributed by atoms with van der Waals surface area (Å²) in [5.41, 5.74) is 0.876. The molecule has 1 N–H and O–H groups in total. The minimum atomic E-state index is -3.54. The Hall–Kier alpha value is -1.63. The van der Waals surface area contributed by atoms with Crippen molar-refractivity contribution >= 4 is 21.8 Å². The van der Waals surface area contributed by atoms with E-state index in [2.05, 4.69) is 4.98 Å². The van der Waals surface area contributed by atoms with Crippen molar-refractivity contribution < 1.29 is 18.3 Å². The standard InChI is InChI=1S/C13H20N2O4S/c1-3-4-9-20(18,19)15(8-6-13(16)17)12-10-11(2)5-7-14-12/h5,7,10H,3-4,6,8-9H2,1-2H3,(H,16,17). The highest BCUT2D eigenvalue weighted by Gasteiger charge is 2.23. The molecule has 0 atom stereocenters. The summed E-state index contributed by atoms with van der Waals surface area (Å²) in [6, 6.07) is 3.41.